The number of nitro groups is 1. The van der Waals surface area contributed by atoms with E-state index in [-0.39, 0.29) is 23.8 Å². The van der Waals surface area contributed by atoms with Crippen LogP contribution in [0.2, 0.25) is 0 Å². The predicted octanol–water partition coefficient (Wildman–Crippen LogP) is 3.30. The number of esters is 1. The maximum atomic E-state index is 12.6. The maximum Gasteiger partial charge on any atom is 0.347 e. The van der Waals surface area contributed by atoms with Gasteiger partial charge in [-0.3, -0.25) is 10.1 Å². The lowest BCUT2D eigenvalue weighted by Crippen LogP contribution is -2.22. The topological polar surface area (TPSA) is 111 Å². The maximum absolute atomic E-state index is 12.6. The molecule has 1 aliphatic rings. The van der Waals surface area contributed by atoms with Crippen molar-refractivity contribution in [1.82, 2.24) is 9.55 Å². The third-order valence-corrected chi connectivity index (χ3v) is 6.78. The summed E-state index contributed by atoms with van der Waals surface area (Å²) in [6.07, 6.45) is 2.50. The van der Waals surface area contributed by atoms with Gasteiger partial charge in [-0.15, -0.1) is 11.3 Å². The van der Waals surface area contributed by atoms with Crippen molar-refractivity contribution in [2.75, 3.05) is 31.7 Å². The van der Waals surface area contributed by atoms with Gasteiger partial charge in [-0.1, -0.05) is 6.07 Å². The van der Waals surface area contributed by atoms with Crippen LogP contribution in [0, 0.1) is 16.0 Å². The Bertz CT molecular complexity index is 1120. The fraction of sp³-hybridized carbons (Fsp3) is 0.400. The van der Waals surface area contributed by atoms with Crippen molar-refractivity contribution >= 4 is 39.0 Å². The largest absolute Gasteiger partial charge is 0.465 e. The van der Waals surface area contributed by atoms with Gasteiger partial charge in [0.1, 0.15) is 9.88 Å². The van der Waals surface area contributed by atoms with E-state index in [1.807, 2.05) is 34.6 Å². The molecule has 2 aromatic heterocycles. The van der Waals surface area contributed by atoms with Gasteiger partial charge in [0.05, 0.1) is 29.4 Å². The Morgan fingerprint density at radius 1 is 1.47 bits per heavy atom. The number of nitrogens with zero attached hydrogens (tertiary/aromatic N) is 4. The molecular weight excluding hydrogens is 408 g/mol. The number of aryl methyl sites for hydroxylation is 1. The lowest BCUT2D eigenvalue weighted by molar-refractivity contribution is -0.384. The fourth-order valence-electron chi connectivity index (χ4n) is 3.91. The minimum absolute atomic E-state index is 0.0275. The highest BCUT2D eigenvalue weighted by Gasteiger charge is 2.37. The first kappa shape index (κ1) is 20.3. The zero-order valence-electron chi connectivity index (χ0n) is 16.7. The van der Waals surface area contributed by atoms with Crippen LogP contribution in [0.4, 0.5) is 10.7 Å². The molecule has 0 bridgehead atoms. The minimum Gasteiger partial charge on any atom is -0.465 e. The minimum atomic E-state index is -0.733. The SMILES string of the molecule is CCn1cnc2cc(-c3sc(N4CCC(CO)C4)c(C(=O)OC)c3[N+](=O)[O-])ccc21. The standard InChI is InChI=1S/C20H22N4O5S/c1-3-22-11-21-14-8-13(4-5-15(14)22)18-17(24(27)28)16(20(26)29-2)19(30-18)23-7-6-12(9-23)10-25/h4-5,8,11-12,25H,3,6-7,9-10H2,1-2H3. The van der Waals surface area contributed by atoms with E-state index in [0.29, 0.717) is 28.5 Å². The van der Waals surface area contributed by atoms with E-state index in [1.165, 1.54) is 18.4 Å². The van der Waals surface area contributed by atoms with Crippen LogP contribution >= 0.6 is 11.3 Å². The molecule has 3 heterocycles. The van der Waals surface area contributed by atoms with Crippen molar-refractivity contribution in [1.29, 1.82) is 0 Å². The Morgan fingerprint density at radius 2 is 2.27 bits per heavy atom. The number of imidazole rings is 1. The molecule has 3 aromatic rings. The van der Waals surface area contributed by atoms with Gasteiger partial charge in [-0.05, 0) is 25.5 Å². The number of carbonyl (C=O) groups is 1. The molecular formula is C20H22N4O5S. The molecule has 0 radical (unpaired) electrons. The summed E-state index contributed by atoms with van der Waals surface area (Å²) in [5.41, 5.74) is 2.04. The first-order valence-electron chi connectivity index (χ1n) is 9.69. The van der Waals surface area contributed by atoms with E-state index in [1.54, 1.807) is 6.33 Å². The van der Waals surface area contributed by atoms with Crippen LogP contribution in [-0.4, -0.2) is 52.4 Å². The van der Waals surface area contributed by atoms with E-state index in [4.69, 9.17) is 4.74 Å². The Kier molecular flexibility index (Phi) is 5.44. The molecule has 0 amide bonds. The number of fused-ring (bicyclic) bond motifs is 1. The second kappa shape index (κ2) is 8.04. The van der Waals surface area contributed by atoms with E-state index in [2.05, 4.69) is 4.98 Å². The summed E-state index contributed by atoms with van der Waals surface area (Å²) in [6, 6.07) is 5.52. The number of aromatic nitrogens is 2. The monoisotopic (exact) mass is 430 g/mol. The number of rotatable bonds is 6. The highest BCUT2D eigenvalue weighted by atomic mass is 32.1. The summed E-state index contributed by atoms with van der Waals surface area (Å²) in [4.78, 5) is 30.8. The molecule has 1 saturated heterocycles. The Hall–Kier alpha value is -2.98. The second-order valence-corrected chi connectivity index (χ2v) is 8.23. The summed E-state index contributed by atoms with van der Waals surface area (Å²) in [5, 5.41) is 22.0. The normalized spacial score (nSPS) is 16.4. The van der Waals surface area contributed by atoms with Gasteiger partial charge in [-0.25, -0.2) is 9.78 Å². The molecule has 9 nitrogen and oxygen atoms in total. The van der Waals surface area contributed by atoms with Gasteiger partial charge in [0.2, 0.25) is 0 Å². The van der Waals surface area contributed by atoms with Crippen LogP contribution in [0.15, 0.2) is 24.5 Å². The first-order valence-corrected chi connectivity index (χ1v) is 10.5. The summed E-state index contributed by atoms with van der Waals surface area (Å²) >= 11 is 1.21. The summed E-state index contributed by atoms with van der Waals surface area (Å²) in [7, 11) is 1.22. The molecule has 1 N–H and O–H groups in total. The molecule has 1 aromatic carbocycles. The molecule has 0 saturated carbocycles. The van der Waals surface area contributed by atoms with Crippen LogP contribution in [0.3, 0.4) is 0 Å². The number of ether oxygens (including phenoxy) is 1. The number of methoxy groups -OCH3 is 1. The van der Waals surface area contributed by atoms with Crippen LogP contribution in [0.25, 0.3) is 21.5 Å². The number of hydrogen-bond donors (Lipinski definition) is 1. The van der Waals surface area contributed by atoms with Crippen molar-refractivity contribution in [2.45, 2.75) is 19.9 Å². The van der Waals surface area contributed by atoms with Gasteiger partial charge in [0, 0.05) is 37.7 Å². The molecule has 1 aliphatic heterocycles. The number of carbonyl (C=O) groups excluding carboxylic acids is 1. The van der Waals surface area contributed by atoms with Gasteiger partial charge in [0.15, 0.2) is 5.56 Å². The number of aliphatic hydroxyl groups is 1. The molecule has 4 rings (SSSR count). The van der Waals surface area contributed by atoms with Crippen LogP contribution in [-0.2, 0) is 11.3 Å². The van der Waals surface area contributed by atoms with Gasteiger partial charge in [-0.2, -0.15) is 0 Å². The third kappa shape index (κ3) is 3.31. The van der Waals surface area contributed by atoms with E-state index < -0.39 is 10.9 Å². The zero-order chi connectivity index (χ0) is 21.4. The smallest absolute Gasteiger partial charge is 0.347 e. The van der Waals surface area contributed by atoms with E-state index in [9.17, 15) is 20.0 Å². The quantitative estimate of drug-likeness (QED) is 0.363. The summed E-state index contributed by atoms with van der Waals surface area (Å²) in [5.74, 6) is -0.655. The van der Waals surface area contributed by atoms with Gasteiger partial charge in [0.25, 0.3) is 0 Å². The predicted molar refractivity (Wildman–Crippen MR) is 114 cm³/mol. The Morgan fingerprint density at radius 3 is 2.90 bits per heavy atom. The average Bonchev–Trinajstić information content (AvgIpc) is 3.48. The second-order valence-electron chi connectivity index (χ2n) is 7.23. The van der Waals surface area contributed by atoms with E-state index >= 15 is 0 Å². The molecule has 30 heavy (non-hydrogen) atoms. The molecule has 1 unspecified atom stereocenters. The number of benzene rings is 1. The van der Waals surface area contributed by atoms with Crippen LogP contribution in [0.5, 0.6) is 0 Å². The van der Waals surface area contributed by atoms with Crippen molar-refractivity contribution in [3.63, 3.8) is 0 Å². The number of thiophene rings is 1. The lowest BCUT2D eigenvalue weighted by Gasteiger charge is -2.17. The van der Waals surface area contributed by atoms with Crippen molar-refractivity contribution in [2.24, 2.45) is 5.92 Å². The highest BCUT2D eigenvalue weighted by Crippen LogP contribution is 2.48. The number of aliphatic hydroxyl groups excluding tert-OH is 1. The molecule has 0 spiro atoms. The summed E-state index contributed by atoms with van der Waals surface area (Å²) in [6.45, 7) is 3.99. The first-order chi connectivity index (χ1) is 14.5. The van der Waals surface area contributed by atoms with Crippen molar-refractivity contribution in [3.8, 4) is 10.4 Å². The molecule has 158 valence electrons. The number of hydrogen-bond acceptors (Lipinski definition) is 8. The van der Waals surface area contributed by atoms with E-state index in [0.717, 1.165) is 24.0 Å². The number of anilines is 1. The van der Waals surface area contributed by atoms with Crippen molar-refractivity contribution < 1.29 is 19.6 Å². The van der Waals surface area contributed by atoms with Gasteiger partial charge < -0.3 is 19.3 Å². The zero-order valence-corrected chi connectivity index (χ0v) is 17.5. The molecule has 10 heteroatoms. The lowest BCUT2D eigenvalue weighted by atomic mass is 10.1. The van der Waals surface area contributed by atoms with Crippen LogP contribution in [0.1, 0.15) is 23.7 Å². The third-order valence-electron chi connectivity index (χ3n) is 5.49. The molecule has 0 aliphatic carbocycles. The average molecular weight is 430 g/mol. The van der Waals surface area contributed by atoms with Crippen LogP contribution < -0.4 is 4.90 Å². The Labute approximate surface area is 176 Å². The fourth-order valence-corrected chi connectivity index (χ4v) is 5.20. The van der Waals surface area contributed by atoms with Crippen molar-refractivity contribution in [3.05, 3.63) is 40.2 Å². The molecule has 1 fully saturated rings. The Balaban J connectivity index is 1.89. The van der Waals surface area contributed by atoms with Gasteiger partial charge >= 0.3 is 11.7 Å². The summed E-state index contributed by atoms with van der Waals surface area (Å²) < 4.78 is 6.88. The highest BCUT2D eigenvalue weighted by molar-refractivity contribution is 7.20. The molecule has 1 atom stereocenters.